The Morgan fingerprint density at radius 3 is 2.56 bits per heavy atom. The van der Waals surface area contributed by atoms with Crippen molar-refractivity contribution in [2.75, 3.05) is 0 Å². The third kappa shape index (κ3) is 4.18. The summed E-state index contributed by atoms with van der Waals surface area (Å²) in [5, 5.41) is 16.6. The maximum absolute atomic E-state index is 9.60. The normalized spacial score (nSPS) is 10.7. The number of hydrogen-bond acceptors (Lipinski definition) is 4. The molecule has 0 aliphatic rings. The molecule has 0 unspecified atom stereocenters. The SMILES string of the molecule is CC(C)(C)OC=O.OCc1[nH]nc2ccccc12. The third-order valence-electron chi connectivity index (χ3n) is 2.10. The average molecular weight is 250 g/mol. The number of carbonyl (C=O) groups excluding carboxylic acids is 1. The lowest BCUT2D eigenvalue weighted by Crippen LogP contribution is -2.17. The molecule has 0 amide bonds. The van der Waals surface area contributed by atoms with E-state index in [1.165, 1.54) is 0 Å². The highest BCUT2D eigenvalue weighted by atomic mass is 16.5. The van der Waals surface area contributed by atoms with Crippen LogP contribution in [0.15, 0.2) is 24.3 Å². The second-order valence-corrected chi connectivity index (χ2v) is 4.70. The van der Waals surface area contributed by atoms with Gasteiger partial charge in [-0.1, -0.05) is 18.2 Å². The molecule has 0 saturated carbocycles. The van der Waals surface area contributed by atoms with Crippen LogP contribution in [0.3, 0.4) is 0 Å². The molecule has 0 atom stereocenters. The second kappa shape index (κ2) is 6.16. The number of nitrogens with zero attached hydrogens (tertiary/aromatic N) is 1. The molecule has 18 heavy (non-hydrogen) atoms. The van der Waals surface area contributed by atoms with Crippen LogP contribution in [0.1, 0.15) is 26.5 Å². The first-order valence-corrected chi connectivity index (χ1v) is 5.62. The van der Waals surface area contributed by atoms with E-state index in [0.717, 1.165) is 16.6 Å². The minimum absolute atomic E-state index is 0.0144. The molecule has 1 aromatic heterocycles. The molecule has 2 N–H and O–H groups in total. The zero-order valence-electron chi connectivity index (χ0n) is 10.8. The molecule has 0 radical (unpaired) electrons. The molecular formula is C13H18N2O3. The largest absolute Gasteiger partial charge is 0.462 e. The highest BCUT2D eigenvalue weighted by Crippen LogP contribution is 2.14. The van der Waals surface area contributed by atoms with Gasteiger partial charge in [-0.25, -0.2) is 0 Å². The van der Waals surface area contributed by atoms with Crippen LogP contribution in [0.5, 0.6) is 0 Å². The van der Waals surface area contributed by atoms with Crippen molar-refractivity contribution in [1.82, 2.24) is 10.2 Å². The minimum atomic E-state index is -0.318. The van der Waals surface area contributed by atoms with Gasteiger partial charge in [-0.15, -0.1) is 0 Å². The number of nitrogens with one attached hydrogen (secondary N) is 1. The number of rotatable bonds is 2. The molecule has 0 spiro atoms. The number of aromatic amines is 1. The van der Waals surface area contributed by atoms with Crippen molar-refractivity contribution in [2.45, 2.75) is 33.0 Å². The van der Waals surface area contributed by atoms with Gasteiger partial charge in [-0.2, -0.15) is 5.10 Å². The molecular weight excluding hydrogens is 232 g/mol. The van der Waals surface area contributed by atoms with Crippen LogP contribution in [0.2, 0.25) is 0 Å². The number of aliphatic hydroxyl groups excluding tert-OH is 1. The van der Waals surface area contributed by atoms with E-state index in [1.807, 2.05) is 45.0 Å². The molecule has 5 heteroatoms. The number of ether oxygens (including phenoxy) is 1. The Balaban J connectivity index is 0.000000203. The molecule has 0 aliphatic carbocycles. The minimum Gasteiger partial charge on any atom is -0.462 e. The molecule has 0 bridgehead atoms. The number of benzene rings is 1. The third-order valence-corrected chi connectivity index (χ3v) is 2.10. The van der Waals surface area contributed by atoms with E-state index < -0.39 is 0 Å². The van der Waals surface area contributed by atoms with Crippen LogP contribution in [-0.4, -0.2) is 27.4 Å². The Labute approximate surface area is 106 Å². The summed E-state index contributed by atoms with van der Waals surface area (Å²) in [4.78, 5) is 9.60. The van der Waals surface area contributed by atoms with Gasteiger partial charge in [-0.3, -0.25) is 9.89 Å². The molecule has 5 nitrogen and oxygen atoms in total. The lowest BCUT2D eigenvalue weighted by atomic mass is 10.2. The highest BCUT2D eigenvalue weighted by molar-refractivity contribution is 5.80. The van der Waals surface area contributed by atoms with Crippen LogP contribution in [0.4, 0.5) is 0 Å². The first kappa shape index (κ1) is 14.2. The molecule has 98 valence electrons. The highest BCUT2D eigenvalue weighted by Gasteiger charge is 2.07. The predicted octanol–water partition coefficient (Wildman–Crippen LogP) is 2.01. The van der Waals surface area contributed by atoms with E-state index in [2.05, 4.69) is 14.9 Å². The van der Waals surface area contributed by atoms with Crippen molar-refractivity contribution in [3.05, 3.63) is 30.0 Å². The first-order valence-electron chi connectivity index (χ1n) is 5.62. The van der Waals surface area contributed by atoms with E-state index in [0.29, 0.717) is 6.47 Å². The Morgan fingerprint density at radius 1 is 1.39 bits per heavy atom. The van der Waals surface area contributed by atoms with Gasteiger partial charge in [0.05, 0.1) is 17.8 Å². The summed E-state index contributed by atoms with van der Waals surface area (Å²) >= 11 is 0. The van der Waals surface area contributed by atoms with E-state index in [-0.39, 0.29) is 12.2 Å². The number of aromatic nitrogens is 2. The predicted molar refractivity (Wildman–Crippen MR) is 68.9 cm³/mol. The van der Waals surface area contributed by atoms with Gasteiger partial charge in [0, 0.05) is 5.39 Å². The molecule has 0 saturated heterocycles. The van der Waals surface area contributed by atoms with Gasteiger partial charge >= 0.3 is 0 Å². The summed E-state index contributed by atoms with van der Waals surface area (Å²) in [5.74, 6) is 0. The van der Waals surface area contributed by atoms with Gasteiger partial charge in [0.25, 0.3) is 6.47 Å². The summed E-state index contributed by atoms with van der Waals surface area (Å²) in [5.41, 5.74) is 1.36. The van der Waals surface area contributed by atoms with Crippen LogP contribution in [-0.2, 0) is 16.1 Å². The molecule has 2 aromatic rings. The number of para-hydroxylation sites is 1. The molecule has 1 aromatic carbocycles. The Bertz CT molecular complexity index is 500. The van der Waals surface area contributed by atoms with Gasteiger partial charge < -0.3 is 9.84 Å². The van der Waals surface area contributed by atoms with Crippen LogP contribution >= 0.6 is 0 Å². The molecule has 0 fully saturated rings. The number of aliphatic hydroxyl groups is 1. The maximum atomic E-state index is 9.60. The lowest BCUT2D eigenvalue weighted by Gasteiger charge is -2.14. The fourth-order valence-corrected chi connectivity index (χ4v) is 1.28. The standard InChI is InChI=1S/C8H8N2O.C5H10O2/c11-5-8-6-3-1-2-4-7(6)9-10-8;1-5(2,3)7-4-6/h1-4,11H,5H2,(H,9,10);4H,1-3H3. The fourth-order valence-electron chi connectivity index (χ4n) is 1.28. The topological polar surface area (TPSA) is 75.2 Å². The van der Waals surface area contributed by atoms with Gasteiger partial charge in [0.1, 0.15) is 5.60 Å². The van der Waals surface area contributed by atoms with Crippen molar-refractivity contribution in [3.63, 3.8) is 0 Å². The smallest absolute Gasteiger partial charge is 0.293 e. The van der Waals surface area contributed by atoms with Gasteiger partial charge in [0.15, 0.2) is 0 Å². The van der Waals surface area contributed by atoms with E-state index >= 15 is 0 Å². The summed E-state index contributed by atoms with van der Waals surface area (Å²) in [6.45, 7) is 5.94. The van der Waals surface area contributed by atoms with E-state index in [1.54, 1.807) is 0 Å². The first-order chi connectivity index (χ1) is 8.48. The zero-order chi connectivity index (χ0) is 13.6. The number of fused-ring (bicyclic) bond motifs is 1. The summed E-state index contributed by atoms with van der Waals surface area (Å²) in [6, 6.07) is 7.69. The summed E-state index contributed by atoms with van der Waals surface area (Å²) in [7, 11) is 0. The number of carbonyl (C=O) groups is 1. The average Bonchev–Trinajstić information content (AvgIpc) is 2.71. The fraction of sp³-hybridized carbons (Fsp3) is 0.385. The van der Waals surface area contributed by atoms with Crippen molar-refractivity contribution in [3.8, 4) is 0 Å². The quantitative estimate of drug-likeness (QED) is 0.799. The Kier molecular flexibility index (Phi) is 4.85. The summed E-state index contributed by atoms with van der Waals surface area (Å²) in [6.07, 6.45) is 0. The molecule has 1 heterocycles. The Hall–Kier alpha value is -1.88. The van der Waals surface area contributed by atoms with Crippen LogP contribution < -0.4 is 0 Å². The molecule has 2 rings (SSSR count). The number of H-pyrrole nitrogens is 1. The van der Waals surface area contributed by atoms with Gasteiger partial charge in [0.2, 0.25) is 0 Å². The van der Waals surface area contributed by atoms with E-state index in [9.17, 15) is 4.79 Å². The van der Waals surface area contributed by atoms with Crippen molar-refractivity contribution >= 4 is 17.4 Å². The van der Waals surface area contributed by atoms with Crippen LogP contribution in [0.25, 0.3) is 10.9 Å². The number of hydrogen-bond donors (Lipinski definition) is 2. The van der Waals surface area contributed by atoms with E-state index in [4.69, 9.17) is 5.11 Å². The van der Waals surface area contributed by atoms with Crippen molar-refractivity contribution in [1.29, 1.82) is 0 Å². The van der Waals surface area contributed by atoms with Crippen molar-refractivity contribution < 1.29 is 14.6 Å². The zero-order valence-corrected chi connectivity index (χ0v) is 10.8. The lowest BCUT2D eigenvalue weighted by molar-refractivity contribution is -0.138. The monoisotopic (exact) mass is 250 g/mol. The molecule has 0 aliphatic heterocycles. The van der Waals surface area contributed by atoms with Crippen LogP contribution in [0, 0.1) is 0 Å². The maximum Gasteiger partial charge on any atom is 0.293 e. The van der Waals surface area contributed by atoms with Gasteiger partial charge in [-0.05, 0) is 26.8 Å². The second-order valence-electron chi connectivity index (χ2n) is 4.70. The van der Waals surface area contributed by atoms with Crippen molar-refractivity contribution in [2.24, 2.45) is 0 Å². The summed E-state index contributed by atoms with van der Waals surface area (Å²) < 4.78 is 4.55. The Morgan fingerprint density at radius 2 is 2.06 bits per heavy atom.